The SMILES string of the molecule is CCCCCCCC/C=C\CCCCCCCCC[C@H](O)C[C@H]1CC=CC(=O)O1. The van der Waals surface area contributed by atoms with Crippen LogP contribution in [0.25, 0.3) is 0 Å². The minimum atomic E-state index is -0.345. The standard InChI is InChI=1S/C26H46O3/c1-2-3-4-5-6-7-8-9-10-11-12-13-14-15-16-17-18-20-24(27)23-25-21-19-22-26(28)29-25/h9-10,19,22,24-25,27H,2-8,11-18,20-21,23H2,1H3/b10-9-/t24-,25+/m0/s1. The van der Waals surface area contributed by atoms with Gasteiger partial charge < -0.3 is 9.84 Å². The smallest absolute Gasteiger partial charge is 0.330 e. The number of cyclic esters (lactones) is 1. The monoisotopic (exact) mass is 406 g/mol. The Hall–Kier alpha value is -1.09. The average molecular weight is 407 g/mol. The molecule has 1 aliphatic heterocycles. The molecule has 0 aromatic rings. The molecular formula is C26H46O3. The van der Waals surface area contributed by atoms with Crippen LogP contribution >= 0.6 is 0 Å². The molecule has 1 aliphatic rings. The Morgan fingerprint density at radius 2 is 1.48 bits per heavy atom. The summed E-state index contributed by atoms with van der Waals surface area (Å²) in [6, 6.07) is 0. The molecule has 0 spiro atoms. The van der Waals surface area contributed by atoms with Gasteiger partial charge in [-0.3, -0.25) is 0 Å². The van der Waals surface area contributed by atoms with Gasteiger partial charge in [0.05, 0.1) is 6.10 Å². The molecule has 1 N–H and O–H groups in total. The summed E-state index contributed by atoms with van der Waals surface area (Å²) in [6.45, 7) is 2.27. The number of hydrogen-bond acceptors (Lipinski definition) is 3. The third-order valence-electron chi connectivity index (χ3n) is 5.77. The van der Waals surface area contributed by atoms with E-state index in [1.165, 1.54) is 96.0 Å². The minimum Gasteiger partial charge on any atom is -0.459 e. The molecule has 0 radical (unpaired) electrons. The Kier molecular flexibility index (Phi) is 16.9. The first kappa shape index (κ1) is 25.9. The van der Waals surface area contributed by atoms with Gasteiger partial charge in [-0.15, -0.1) is 0 Å². The number of carbonyl (C=O) groups excluding carboxylic acids is 1. The van der Waals surface area contributed by atoms with Crippen LogP contribution < -0.4 is 0 Å². The average Bonchev–Trinajstić information content (AvgIpc) is 2.70. The number of aliphatic hydroxyl groups excluding tert-OH is 1. The molecule has 3 nitrogen and oxygen atoms in total. The highest BCUT2D eigenvalue weighted by molar-refractivity contribution is 5.82. The zero-order valence-electron chi connectivity index (χ0n) is 19.0. The molecule has 1 rings (SSSR count). The molecule has 0 saturated heterocycles. The lowest BCUT2D eigenvalue weighted by atomic mass is 10.0. The van der Waals surface area contributed by atoms with Crippen molar-refractivity contribution in [3.63, 3.8) is 0 Å². The third-order valence-corrected chi connectivity index (χ3v) is 5.77. The van der Waals surface area contributed by atoms with Crippen LogP contribution in [0.2, 0.25) is 0 Å². The lowest BCUT2D eigenvalue weighted by molar-refractivity contribution is -0.145. The van der Waals surface area contributed by atoms with Crippen LogP contribution in [0, 0.1) is 0 Å². The van der Waals surface area contributed by atoms with Gasteiger partial charge in [-0.05, 0) is 32.1 Å². The number of carbonyl (C=O) groups is 1. The molecule has 0 unspecified atom stereocenters. The van der Waals surface area contributed by atoms with Gasteiger partial charge in [0, 0.05) is 18.9 Å². The van der Waals surface area contributed by atoms with Crippen molar-refractivity contribution in [1.82, 2.24) is 0 Å². The van der Waals surface area contributed by atoms with E-state index < -0.39 is 0 Å². The zero-order valence-corrected chi connectivity index (χ0v) is 19.0. The largest absolute Gasteiger partial charge is 0.459 e. The van der Waals surface area contributed by atoms with Crippen LogP contribution in [0.3, 0.4) is 0 Å². The molecule has 0 aromatic heterocycles. The lowest BCUT2D eigenvalue weighted by Crippen LogP contribution is -2.25. The number of ether oxygens (including phenoxy) is 1. The van der Waals surface area contributed by atoms with Crippen molar-refractivity contribution >= 4 is 5.97 Å². The summed E-state index contributed by atoms with van der Waals surface area (Å²) in [4.78, 5) is 11.2. The van der Waals surface area contributed by atoms with Gasteiger partial charge in [-0.25, -0.2) is 4.79 Å². The first-order valence-corrected chi connectivity index (χ1v) is 12.4. The molecule has 0 bridgehead atoms. The molecular weight excluding hydrogens is 360 g/mol. The van der Waals surface area contributed by atoms with Crippen molar-refractivity contribution in [2.45, 2.75) is 135 Å². The number of hydrogen-bond donors (Lipinski definition) is 1. The highest BCUT2D eigenvalue weighted by atomic mass is 16.5. The van der Waals surface area contributed by atoms with Gasteiger partial charge in [-0.2, -0.15) is 0 Å². The minimum absolute atomic E-state index is 0.137. The molecule has 0 fully saturated rings. The number of unbranched alkanes of at least 4 members (excludes halogenated alkanes) is 13. The van der Waals surface area contributed by atoms with Gasteiger partial charge in [0.15, 0.2) is 0 Å². The summed E-state index contributed by atoms with van der Waals surface area (Å²) in [5.41, 5.74) is 0. The van der Waals surface area contributed by atoms with Crippen LogP contribution in [-0.4, -0.2) is 23.3 Å². The van der Waals surface area contributed by atoms with E-state index >= 15 is 0 Å². The Bertz CT molecular complexity index is 441. The maximum atomic E-state index is 11.2. The van der Waals surface area contributed by atoms with Gasteiger partial charge >= 0.3 is 5.97 Å². The van der Waals surface area contributed by atoms with Crippen molar-refractivity contribution < 1.29 is 14.6 Å². The number of aliphatic hydroxyl groups is 1. The Balaban J connectivity index is 1.79. The van der Waals surface area contributed by atoms with Crippen LogP contribution in [0.1, 0.15) is 122 Å². The van der Waals surface area contributed by atoms with Crippen molar-refractivity contribution in [2.75, 3.05) is 0 Å². The highest BCUT2D eigenvalue weighted by Crippen LogP contribution is 2.17. The molecule has 0 aliphatic carbocycles. The topological polar surface area (TPSA) is 46.5 Å². The fraction of sp³-hybridized carbons (Fsp3) is 0.808. The van der Waals surface area contributed by atoms with E-state index in [1.807, 2.05) is 6.08 Å². The molecule has 29 heavy (non-hydrogen) atoms. The first-order valence-electron chi connectivity index (χ1n) is 12.4. The van der Waals surface area contributed by atoms with E-state index in [0.29, 0.717) is 6.42 Å². The summed E-state index contributed by atoms with van der Waals surface area (Å²) in [5, 5.41) is 10.1. The first-order chi connectivity index (χ1) is 14.2. The van der Waals surface area contributed by atoms with Crippen LogP contribution in [0.15, 0.2) is 24.3 Å². The Morgan fingerprint density at radius 1 is 0.931 bits per heavy atom. The van der Waals surface area contributed by atoms with Crippen molar-refractivity contribution in [3.8, 4) is 0 Å². The highest BCUT2D eigenvalue weighted by Gasteiger charge is 2.19. The quantitative estimate of drug-likeness (QED) is 0.138. The van der Waals surface area contributed by atoms with E-state index in [0.717, 1.165) is 19.3 Å². The molecule has 1 heterocycles. The van der Waals surface area contributed by atoms with Crippen LogP contribution in [0.5, 0.6) is 0 Å². The molecule has 0 saturated carbocycles. The molecule has 0 amide bonds. The molecule has 2 atom stereocenters. The maximum Gasteiger partial charge on any atom is 0.330 e. The normalized spacial score (nSPS) is 17.7. The molecule has 3 heteroatoms. The lowest BCUT2D eigenvalue weighted by Gasteiger charge is -2.21. The number of esters is 1. The van der Waals surface area contributed by atoms with Crippen LogP contribution in [0.4, 0.5) is 0 Å². The second kappa shape index (κ2) is 18.9. The van der Waals surface area contributed by atoms with Crippen molar-refractivity contribution in [3.05, 3.63) is 24.3 Å². The molecule has 168 valence electrons. The van der Waals surface area contributed by atoms with E-state index in [1.54, 1.807) is 0 Å². The van der Waals surface area contributed by atoms with Crippen molar-refractivity contribution in [1.29, 1.82) is 0 Å². The zero-order chi connectivity index (χ0) is 21.0. The van der Waals surface area contributed by atoms with E-state index in [2.05, 4.69) is 19.1 Å². The summed E-state index contributed by atoms with van der Waals surface area (Å²) < 4.78 is 5.20. The van der Waals surface area contributed by atoms with Gasteiger partial charge in [-0.1, -0.05) is 95.8 Å². The predicted octanol–water partition coefficient (Wildman–Crippen LogP) is 7.43. The third kappa shape index (κ3) is 16.4. The van der Waals surface area contributed by atoms with Gasteiger partial charge in [0.25, 0.3) is 0 Å². The summed E-state index contributed by atoms with van der Waals surface area (Å²) in [5.74, 6) is -0.276. The predicted molar refractivity (Wildman–Crippen MR) is 123 cm³/mol. The van der Waals surface area contributed by atoms with Gasteiger partial charge in [0.2, 0.25) is 0 Å². The van der Waals surface area contributed by atoms with Crippen LogP contribution in [-0.2, 0) is 9.53 Å². The maximum absolute atomic E-state index is 11.2. The number of rotatable bonds is 19. The summed E-state index contributed by atoms with van der Waals surface area (Å²) in [7, 11) is 0. The van der Waals surface area contributed by atoms with E-state index in [4.69, 9.17) is 4.74 Å². The van der Waals surface area contributed by atoms with Gasteiger partial charge in [0.1, 0.15) is 6.10 Å². The summed E-state index contributed by atoms with van der Waals surface area (Å²) in [6.07, 6.45) is 29.4. The van der Waals surface area contributed by atoms with Crippen molar-refractivity contribution in [2.24, 2.45) is 0 Å². The number of allylic oxidation sites excluding steroid dienone is 2. The molecule has 0 aromatic carbocycles. The second-order valence-corrected chi connectivity index (χ2v) is 8.67. The van der Waals surface area contributed by atoms with E-state index in [9.17, 15) is 9.90 Å². The Morgan fingerprint density at radius 3 is 2.07 bits per heavy atom. The van der Waals surface area contributed by atoms with E-state index in [-0.39, 0.29) is 18.2 Å². The Labute approximate surface area is 180 Å². The fourth-order valence-electron chi connectivity index (χ4n) is 3.94. The summed E-state index contributed by atoms with van der Waals surface area (Å²) >= 11 is 0. The fourth-order valence-corrected chi connectivity index (χ4v) is 3.94. The second-order valence-electron chi connectivity index (χ2n) is 8.67.